The Morgan fingerprint density at radius 2 is 1.38 bits per heavy atom. The molecule has 32 heavy (non-hydrogen) atoms. The molecule has 0 saturated carbocycles. The molecule has 0 aliphatic heterocycles. The van der Waals surface area contributed by atoms with Crippen LogP contribution in [0, 0.1) is 6.92 Å². The zero-order valence-electron chi connectivity index (χ0n) is 18.5. The van der Waals surface area contributed by atoms with Crippen molar-refractivity contribution in [3.8, 4) is 11.1 Å². The first-order chi connectivity index (χ1) is 15.4. The lowest BCUT2D eigenvalue weighted by Gasteiger charge is -2.28. The molecule has 0 atom stereocenters. The van der Waals surface area contributed by atoms with Gasteiger partial charge in [0.2, 0.25) is 0 Å². The number of hydrogen-bond acceptors (Lipinski definition) is 2. The lowest BCUT2D eigenvalue weighted by Crippen LogP contribution is -2.16. The molecule has 0 saturated heterocycles. The first kappa shape index (κ1) is 20.1. The maximum Gasteiger partial charge on any atom is 0.335 e. The SMILES string of the molecule is Cc1cccc(N(c2ccc(C(=O)O)cc2)c2ccc3c(c2)C(C)(C)c2ccccc2-3)c1. The maximum atomic E-state index is 11.4. The summed E-state index contributed by atoms with van der Waals surface area (Å²) < 4.78 is 0. The van der Waals surface area contributed by atoms with E-state index in [1.54, 1.807) is 12.1 Å². The summed E-state index contributed by atoms with van der Waals surface area (Å²) in [5.41, 5.74) is 9.61. The van der Waals surface area contributed by atoms with E-state index in [1.165, 1.54) is 27.8 Å². The predicted octanol–water partition coefficient (Wildman–Crippen LogP) is 7.47. The van der Waals surface area contributed by atoms with Crippen molar-refractivity contribution in [3.05, 3.63) is 113 Å². The maximum absolute atomic E-state index is 11.4. The summed E-state index contributed by atoms with van der Waals surface area (Å²) in [6.45, 7) is 6.64. The number of aryl methyl sites for hydroxylation is 1. The third kappa shape index (κ3) is 3.18. The molecule has 1 aliphatic carbocycles. The molecule has 0 spiro atoms. The second-order valence-electron chi connectivity index (χ2n) is 8.93. The molecule has 0 bridgehead atoms. The summed E-state index contributed by atoms with van der Waals surface area (Å²) in [5, 5.41) is 9.32. The van der Waals surface area contributed by atoms with E-state index in [-0.39, 0.29) is 11.0 Å². The molecule has 5 rings (SSSR count). The summed E-state index contributed by atoms with van der Waals surface area (Å²) in [5.74, 6) is -0.921. The summed E-state index contributed by atoms with van der Waals surface area (Å²) in [6.07, 6.45) is 0. The summed E-state index contributed by atoms with van der Waals surface area (Å²) in [6, 6.07) is 30.7. The minimum Gasteiger partial charge on any atom is -0.478 e. The highest BCUT2D eigenvalue weighted by molar-refractivity contribution is 5.89. The number of aromatic carboxylic acids is 1. The third-order valence-electron chi connectivity index (χ3n) is 6.46. The fourth-order valence-corrected chi connectivity index (χ4v) is 4.80. The van der Waals surface area contributed by atoms with E-state index in [1.807, 2.05) is 12.1 Å². The molecule has 0 radical (unpaired) electrons. The van der Waals surface area contributed by atoms with Gasteiger partial charge in [0.1, 0.15) is 0 Å². The lowest BCUT2D eigenvalue weighted by atomic mass is 9.82. The van der Waals surface area contributed by atoms with Crippen molar-refractivity contribution in [2.75, 3.05) is 4.90 Å². The Kier molecular flexibility index (Phi) is 4.63. The Morgan fingerprint density at radius 1 is 0.719 bits per heavy atom. The Bertz CT molecular complexity index is 1340. The van der Waals surface area contributed by atoms with Crippen molar-refractivity contribution >= 4 is 23.0 Å². The predicted molar refractivity (Wildman–Crippen MR) is 130 cm³/mol. The van der Waals surface area contributed by atoms with E-state index in [0.717, 1.165) is 17.1 Å². The number of nitrogens with zero attached hydrogens (tertiary/aromatic N) is 1. The molecular formula is C29H25NO2. The van der Waals surface area contributed by atoms with Gasteiger partial charge in [-0.1, -0.05) is 56.3 Å². The molecule has 0 aromatic heterocycles. The molecule has 0 heterocycles. The molecule has 1 N–H and O–H groups in total. The van der Waals surface area contributed by atoms with Crippen LogP contribution < -0.4 is 4.90 Å². The van der Waals surface area contributed by atoms with Crippen LogP contribution in [0.5, 0.6) is 0 Å². The van der Waals surface area contributed by atoms with Gasteiger partial charge < -0.3 is 10.0 Å². The van der Waals surface area contributed by atoms with Gasteiger partial charge in [-0.15, -0.1) is 0 Å². The normalized spacial score (nSPS) is 13.3. The van der Waals surface area contributed by atoms with Crippen LogP contribution >= 0.6 is 0 Å². The van der Waals surface area contributed by atoms with Crippen LogP contribution in [0.4, 0.5) is 17.1 Å². The van der Waals surface area contributed by atoms with Crippen LogP contribution in [0.1, 0.15) is 40.9 Å². The Morgan fingerprint density at radius 3 is 2.09 bits per heavy atom. The van der Waals surface area contributed by atoms with E-state index in [9.17, 15) is 9.90 Å². The number of carbonyl (C=O) groups is 1. The smallest absolute Gasteiger partial charge is 0.335 e. The molecule has 3 heteroatoms. The fraction of sp³-hybridized carbons (Fsp3) is 0.138. The van der Waals surface area contributed by atoms with Crippen LogP contribution in [0.25, 0.3) is 11.1 Å². The molecule has 3 nitrogen and oxygen atoms in total. The monoisotopic (exact) mass is 419 g/mol. The number of anilines is 3. The number of fused-ring (bicyclic) bond motifs is 3. The minimum absolute atomic E-state index is 0.0899. The fourth-order valence-electron chi connectivity index (χ4n) is 4.80. The lowest BCUT2D eigenvalue weighted by molar-refractivity contribution is 0.0697. The average molecular weight is 420 g/mol. The van der Waals surface area contributed by atoms with Crippen LogP contribution in [-0.2, 0) is 5.41 Å². The molecule has 4 aromatic carbocycles. The van der Waals surface area contributed by atoms with E-state index in [2.05, 4.69) is 92.4 Å². The van der Waals surface area contributed by atoms with Crippen molar-refractivity contribution in [2.45, 2.75) is 26.2 Å². The van der Waals surface area contributed by atoms with Gasteiger partial charge in [0.15, 0.2) is 0 Å². The highest BCUT2D eigenvalue weighted by atomic mass is 16.4. The van der Waals surface area contributed by atoms with Crippen molar-refractivity contribution < 1.29 is 9.90 Å². The highest BCUT2D eigenvalue weighted by Crippen LogP contribution is 2.50. The van der Waals surface area contributed by atoms with Crippen molar-refractivity contribution in [2.24, 2.45) is 0 Å². The summed E-state index contributed by atoms with van der Waals surface area (Å²) >= 11 is 0. The zero-order valence-corrected chi connectivity index (χ0v) is 18.5. The van der Waals surface area contributed by atoms with Gasteiger partial charge in [-0.05, 0) is 83.3 Å². The van der Waals surface area contributed by atoms with E-state index < -0.39 is 5.97 Å². The first-order valence-corrected chi connectivity index (χ1v) is 10.8. The number of carboxylic acid groups (broad SMARTS) is 1. The minimum atomic E-state index is -0.921. The molecule has 0 amide bonds. The Balaban J connectivity index is 1.68. The van der Waals surface area contributed by atoms with Crippen LogP contribution in [-0.4, -0.2) is 11.1 Å². The van der Waals surface area contributed by atoms with Gasteiger partial charge in [0, 0.05) is 22.5 Å². The second-order valence-corrected chi connectivity index (χ2v) is 8.93. The quantitative estimate of drug-likeness (QED) is 0.373. The third-order valence-corrected chi connectivity index (χ3v) is 6.46. The van der Waals surface area contributed by atoms with Gasteiger partial charge in [0.05, 0.1) is 5.56 Å². The summed E-state index contributed by atoms with van der Waals surface area (Å²) in [4.78, 5) is 13.6. The van der Waals surface area contributed by atoms with Crippen LogP contribution in [0.15, 0.2) is 91.0 Å². The van der Waals surface area contributed by atoms with Gasteiger partial charge in [-0.25, -0.2) is 4.79 Å². The van der Waals surface area contributed by atoms with Gasteiger partial charge in [-0.2, -0.15) is 0 Å². The molecule has 1 aliphatic rings. The number of rotatable bonds is 4. The number of carboxylic acids is 1. The van der Waals surface area contributed by atoms with Crippen LogP contribution in [0.3, 0.4) is 0 Å². The molecular weight excluding hydrogens is 394 g/mol. The first-order valence-electron chi connectivity index (χ1n) is 10.8. The van der Waals surface area contributed by atoms with Crippen molar-refractivity contribution in [3.63, 3.8) is 0 Å². The van der Waals surface area contributed by atoms with Crippen LogP contribution in [0.2, 0.25) is 0 Å². The molecule has 4 aromatic rings. The number of benzene rings is 4. The number of hydrogen-bond donors (Lipinski definition) is 1. The highest BCUT2D eigenvalue weighted by Gasteiger charge is 2.35. The van der Waals surface area contributed by atoms with E-state index >= 15 is 0 Å². The largest absolute Gasteiger partial charge is 0.478 e. The Labute approximate surface area is 188 Å². The van der Waals surface area contributed by atoms with Gasteiger partial charge in [0.25, 0.3) is 0 Å². The van der Waals surface area contributed by atoms with Gasteiger partial charge in [-0.3, -0.25) is 0 Å². The van der Waals surface area contributed by atoms with Crippen molar-refractivity contribution in [1.29, 1.82) is 0 Å². The molecule has 0 unspecified atom stereocenters. The molecule has 0 fully saturated rings. The van der Waals surface area contributed by atoms with Crippen molar-refractivity contribution in [1.82, 2.24) is 0 Å². The van der Waals surface area contributed by atoms with E-state index in [0.29, 0.717) is 0 Å². The molecule has 158 valence electrons. The topological polar surface area (TPSA) is 40.5 Å². The standard InChI is InChI=1S/C29H25NO2/c1-19-7-6-8-22(17-19)30(21-13-11-20(12-14-21)28(31)32)23-15-16-25-24-9-4-5-10-26(24)29(2,3)27(25)18-23/h4-18H,1-3H3,(H,31,32). The summed E-state index contributed by atoms with van der Waals surface area (Å²) in [7, 11) is 0. The Hall–Kier alpha value is -3.85. The van der Waals surface area contributed by atoms with E-state index in [4.69, 9.17) is 0 Å². The zero-order chi connectivity index (χ0) is 22.5. The second kappa shape index (κ2) is 7.38. The van der Waals surface area contributed by atoms with Gasteiger partial charge >= 0.3 is 5.97 Å². The average Bonchev–Trinajstić information content (AvgIpc) is 3.02.